The number of aromatic amines is 1. The molecule has 7 heteroatoms. The molecule has 1 aromatic heterocycles. The summed E-state index contributed by atoms with van der Waals surface area (Å²) in [6, 6.07) is 6.06. The van der Waals surface area contributed by atoms with Gasteiger partial charge in [0.2, 0.25) is 6.41 Å². The fourth-order valence-electron chi connectivity index (χ4n) is 1.39. The molecule has 0 saturated carbocycles. The number of hydrogen-bond donors (Lipinski definition) is 1. The van der Waals surface area contributed by atoms with Gasteiger partial charge in [0.1, 0.15) is 12.4 Å². The summed E-state index contributed by atoms with van der Waals surface area (Å²) in [6.45, 7) is 0.104. The van der Waals surface area contributed by atoms with Crippen LogP contribution >= 0.6 is 23.2 Å². The van der Waals surface area contributed by atoms with Crippen LogP contribution in [0.5, 0.6) is 5.75 Å². The third-order valence-corrected chi connectivity index (χ3v) is 2.57. The molecule has 0 spiro atoms. The van der Waals surface area contributed by atoms with Crippen molar-refractivity contribution in [1.82, 2.24) is 9.78 Å². The summed E-state index contributed by atoms with van der Waals surface area (Å²) in [7, 11) is 0. The van der Waals surface area contributed by atoms with Gasteiger partial charge in [-0.3, -0.25) is 14.7 Å². The van der Waals surface area contributed by atoms with Crippen molar-refractivity contribution >= 4 is 29.6 Å². The Morgan fingerprint density at radius 1 is 1.22 bits per heavy atom. The fourth-order valence-corrected chi connectivity index (χ4v) is 1.89. The van der Waals surface area contributed by atoms with Gasteiger partial charge in [0.15, 0.2) is 0 Å². The van der Waals surface area contributed by atoms with Crippen molar-refractivity contribution in [2.24, 2.45) is 0 Å². The Kier molecular flexibility index (Phi) is 3.74. The number of halogens is 2. The minimum absolute atomic E-state index is 0.104. The van der Waals surface area contributed by atoms with Crippen LogP contribution in [0.1, 0.15) is 5.69 Å². The minimum Gasteiger partial charge on any atom is -0.487 e. The number of benzene rings is 1. The van der Waals surface area contributed by atoms with E-state index in [9.17, 15) is 9.59 Å². The van der Waals surface area contributed by atoms with Crippen LogP contribution in [0.3, 0.4) is 0 Å². The highest BCUT2D eigenvalue weighted by atomic mass is 35.5. The van der Waals surface area contributed by atoms with Gasteiger partial charge in [-0.05, 0) is 18.2 Å². The van der Waals surface area contributed by atoms with Crippen LogP contribution in [0.4, 0.5) is 0 Å². The molecule has 0 unspecified atom stereocenters. The highest BCUT2D eigenvalue weighted by Gasteiger charge is 2.04. The van der Waals surface area contributed by atoms with Crippen molar-refractivity contribution < 1.29 is 9.53 Å². The molecule has 0 saturated heterocycles. The largest absolute Gasteiger partial charge is 0.487 e. The number of H-pyrrole nitrogens is 1. The van der Waals surface area contributed by atoms with Gasteiger partial charge in [-0.1, -0.05) is 23.2 Å². The fraction of sp³-hybridized carbons (Fsp3) is 0.0909. The van der Waals surface area contributed by atoms with E-state index in [1.54, 1.807) is 18.2 Å². The minimum atomic E-state index is -0.437. The summed E-state index contributed by atoms with van der Waals surface area (Å²) < 4.78 is 6.22. The summed E-state index contributed by atoms with van der Waals surface area (Å²) in [4.78, 5) is 21.7. The van der Waals surface area contributed by atoms with Gasteiger partial charge >= 0.3 is 0 Å². The number of carbonyl (C=O) groups is 1. The zero-order valence-electron chi connectivity index (χ0n) is 9.02. The second-order valence-corrected chi connectivity index (χ2v) is 4.36. The maximum absolute atomic E-state index is 11.2. The zero-order chi connectivity index (χ0) is 13.1. The van der Waals surface area contributed by atoms with Crippen LogP contribution in [0, 0.1) is 0 Å². The number of nitrogens with zero attached hydrogens (tertiary/aromatic N) is 1. The molecule has 2 rings (SSSR count). The molecule has 0 atom stereocenters. The van der Waals surface area contributed by atoms with Crippen molar-refractivity contribution in [3.8, 4) is 5.75 Å². The van der Waals surface area contributed by atoms with Crippen LogP contribution in [0.2, 0.25) is 10.0 Å². The molecule has 0 radical (unpaired) electrons. The summed E-state index contributed by atoms with van der Waals surface area (Å²) in [5.74, 6) is 0.479. The van der Waals surface area contributed by atoms with Gasteiger partial charge in [-0.15, -0.1) is 0 Å². The third kappa shape index (κ3) is 2.94. The van der Waals surface area contributed by atoms with Crippen molar-refractivity contribution in [1.29, 1.82) is 0 Å². The lowest BCUT2D eigenvalue weighted by molar-refractivity contribution is 0.300. The van der Waals surface area contributed by atoms with Crippen molar-refractivity contribution in [3.63, 3.8) is 0 Å². The molecular weight excluding hydrogens is 279 g/mol. The van der Waals surface area contributed by atoms with Crippen LogP contribution in [0.25, 0.3) is 0 Å². The maximum Gasteiger partial charge on any atom is 0.273 e. The smallest absolute Gasteiger partial charge is 0.273 e. The summed E-state index contributed by atoms with van der Waals surface area (Å²) >= 11 is 11.6. The quantitative estimate of drug-likeness (QED) is 0.876. The number of aromatic nitrogens is 2. The average Bonchev–Trinajstić information content (AvgIpc) is 2.66. The predicted molar refractivity (Wildman–Crippen MR) is 68.0 cm³/mol. The Balaban J connectivity index is 2.11. The van der Waals surface area contributed by atoms with E-state index in [1.807, 2.05) is 0 Å². The Morgan fingerprint density at radius 3 is 2.44 bits per heavy atom. The zero-order valence-corrected chi connectivity index (χ0v) is 10.5. The summed E-state index contributed by atoms with van der Waals surface area (Å²) in [5, 5.41) is 3.49. The highest BCUT2D eigenvalue weighted by molar-refractivity contribution is 6.34. The number of ether oxygens (including phenoxy) is 1. The number of nitrogens with one attached hydrogen (secondary N) is 1. The van der Waals surface area contributed by atoms with Crippen LogP contribution in [0.15, 0.2) is 29.1 Å². The Hall–Kier alpha value is -1.72. The first kappa shape index (κ1) is 12.7. The van der Waals surface area contributed by atoms with E-state index in [2.05, 4.69) is 5.10 Å². The lowest BCUT2D eigenvalue weighted by Gasteiger charge is -2.05. The molecule has 18 heavy (non-hydrogen) atoms. The molecule has 5 nitrogen and oxygen atoms in total. The van der Waals surface area contributed by atoms with E-state index in [1.165, 1.54) is 6.07 Å². The molecule has 0 fully saturated rings. The van der Waals surface area contributed by atoms with Crippen molar-refractivity contribution in [2.45, 2.75) is 6.61 Å². The lowest BCUT2D eigenvalue weighted by Crippen LogP contribution is -2.14. The van der Waals surface area contributed by atoms with E-state index in [4.69, 9.17) is 27.9 Å². The first-order valence-corrected chi connectivity index (χ1v) is 5.68. The normalized spacial score (nSPS) is 10.3. The number of hydrogen-bond acceptors (Lipinski definition) is 3. The van der Waals surface area contributed by atoms with Gasteiger partial charge < -0.3 is 4.74 Å². The predicted octanol–water partition coefficient (Wildman–Crippen LogP) is 2.10. The Bertz CT molecular complexity index is 613. The molecule has 0 aliphatic rings. The average molecular weight is 287 g/mol. The molecular formula is C11H8Cl2N2O3. The summed E-state index contributed by atoms with van der Waals surface area (Å²) in [5.41, 5.74) is 0.0379. The van der Waals surface area contributed by atoms with Gasteiger partial charge in [0, 0.05) is 16.1 Å². The molecule has 0 aliphatic carbocycles. The van der Waals surface area contributed by atoms with E-state index in [0.717, 1.165) is 4.68 Å². The van der Waals surface area contributed by atoms with Crippen LogP contribution in [-0.2, 0) is 11.4 Å². The van der Waals surface area contributed by atoms with Crippen LogP contribution in [-0.4, -0.2) is 16.2 Å². The van der Waals surface area contributed by atoms with Crippen molar-refractivity contribution in [3.05, 3.63) is 50.4 Å². The monoisotopic (exact) mass is 286 g/mol. The third-order valence-electron chi connectivity index (χ3n) is 2.14. The van der Waals surface area contributed by atoms with Gasteiger partial charge in [-0.2, -0.15) is 4.68 Å². The molecule has 1 N–H and O–H groups in total. The van der Waals surface area contributed by atoms with E-state index in [-0.39, 0.29) is 6.61 Å². The Labute approximate surface area is 112 Å². The van der Waals surface area contributed by atoms with Crippen molar-refractivity contribution in [2.75, 3.05) is 0 Å². The van der Waals surface area contributed by atoms with Gasteiger partial charge in [-0.25, -0.2) is 0 Å². The first-order chi connectivity index (χ1) is 8.58. The molecule has 0 amide bonds. The molecule has 0 aliphatic heterocycles. The second-order valence-electron chi connectivity index (χ2n) is 3.49. The topological polar surface area (TPSA) is 64.1 Å². The molecule has 1 aromatic carbocycles. The molecule has 0 bridgehead atoms. The molecule has 1 heterocycles. The highest BCUT2D eigenvalue weighted by Crippen LogP contribution is 2.24. The van der Waals surface area contributed by atoms with E-state index >= 15 is 0 Å². The van der Waals surface area contributed by atoms with Crippen LogP contribution < -0.4 is 10.3 Å². The lowest BCUT2D eigenvalue weighted by atomic mass is 10.3. The maximum atomic E-state index is 11.2. The standard InChI is InChI=1S/C11H8Cl2N2O3/c12-7-1-8(13)3-10(2-7)18-5-9-4-11(17)15(6-16)14-9/h1-4,6,14H,5H2. The summed E-state index contributed by atoms with van der Waals surface area (Å²) in [6.07, 6.45) is 0.391. The van der Waals surface area contributed by atoms with Gasteiger partial charge in [0.05, 0.1) is 5.69 Å². The first-order valence-electron chi connectivity index (χ1n) is 4.93. The van der Waals surface area contributed by atoms with E-state index in [0.29, 0.717) is 27.9 Å². The van der Waals surface area contributed by atoms with E-state index < -0.39 is 5.56 Å². The number of carbonyl (C=O) groups excluding carboxylic acids is 1. The SMILES string of the molecule is O=Cn1[nH]c(COc2cc(Cl)cc(Cl)c2)cc1=O. The molecule has 2 aromatic rings. The molecule has 94 valence electrons. The number of rotatable bonds is 4. The Morgan fingerprint density at radius 2 is 1.89 bits per heavy atom. The second kappa shape index (κ2) is 5.29. The van der Waals surface area contributed by atoms with Gasteiger partial charge in [0.25, 0.3) is 5.56 Å².